The molecule has 0 bridgehead atoms. The standard InChI is InChI=1S/C24H47N3O12/c1-2-3-10-37-13-15(29)11-27-8-6-26(7-9-27)5-4-25-23(36)21(34)18(31)16(30)14-38-24-22(35)20(33)19(32)17(12-28)39-24/h15-22,24,28-35H,2-14H2,1H3,(H,25,36). The second-order valence-corrected chi connectivity index (χ2v) is 10.0. The zero-order chi connectivity index (χ0) is 28.9. The molecule has 0 radical (unpaired) electrons. The maximum Gasteiger partial charge on any atom is 0.251 e. The molecule has 2 aliphatic heterocycles. The van der Waals surface area contributed by atoms with Crippen molar-refractivity contribution in [1.29, 1.82) is 0 Å². The number of carbonyl (C=O) groups is 1. The number of unbranched alkanes of at least 4 members (excludes halogenated alkanes) is 1. The number of carbonyl (C=O) groups excluding carboxylic acids is 1. The van der Waals surface area contributed by atoms with Gasteiger partial charge in [0.2, 0.25) is 0 Å². The normalized spacial score (nSPS) is 30.0. The van der Waals surface area contributed by atoms with Crippen molar-refractivity contribution < 1.29 is 59.9 Å². The second kappa shape index (κ2) is 17.7. The molecule has 0 aromatic heterocycles. The monoisotopic (exact) mass is 569 g/mol. The molecular weight excluding hydrogens is 522 g/mol. The molecule has 230 valence electrons. The maximum atomic E-state index is 12.3. The summed E-state index contributed by atoms with van der Waals surface area (Å²) in [5, 5.41) is 81.7. The van der Waals surface area contributed by atoms with E-state index in [1.807, 2.05) is 0 Å². The summed E-state index contributed by atoms with van der Waals surface area (Å²) >= 11 is 0. The molecule has 0 aliphatic carbocycles. The van der Waals surface area contributed by atoms with Crippen LogP contribution in [0.4, 0.5) is 0 Å². The van der Waals surface area contributed by atoms with Gasteiger partial charge in [0, 0.05) is 52.4 Å². The summed E-state index contributed by atoms with van der Waals surface area (Å²) in [7, 11) is 0. The van der Waals surface area contributed by atoms with Crippen LogP contribution in [0, 0.1) is 0 Å². The van der Waals surface area contributed by atoms with Gasteiger partial charge in [-0.3, -0.25) is 14.6 Å². The number of nitrogens with one attached hydrogen (secondary N) is 1. The van der Waals surface area contributed by atoms with E-state index in [1.54, 1.807) is 0 Å². The van der Waals surface area contributed by atoms with Gasteiger partial charge in [-0.05, 0) is 6.42 Å². The summed E-state index contributed by atoms with van der Waals surface area (Å²) in [6.45, 7) is 5.91. The van der Waals surface area contributed by atoms with Crippen molar-refractivity contribution >= 4 is 5.91 Å². The first-order chi connectivity index (χ1) is 18.6. The smallest absolute Gasteiger partial charge is 0.251 e. The van der Waals surface area contributed by atoms with Crippen molar-refractivity contribution in [3.05, 3.63) is 0 Å². The van der Waals surface area contributed by atoms with E-state index in [1.165, 1.54) is 0 Å². The summed E-state index contributed by atoms with van der Waals surface area (Å²) in [6, 6.07) is 0. The lowest BCUT2D eigenvalue weighted by Crippen LogP contribution is -2.59. The minimum absolute atomic E-state index is 0.202. The number of amides is 1. The molecule has 0 saturated carbocycles. The van der Waals surface area contributed by atoms with Crippen LogP contribution in [0.3, 0.4) is 0 Å². The van der Waals surface area contributed by atoms with Crippen molar-refractivity contribution in [1.82, 2.24) is 15.1 Å². The summed E-state index contributed by atoms with van der Waals surface area (Å²) in [4.78, 5) is 16.5. The second-order valence-electron chi connectivity index (χ2n) is 10.0. The zero-order valence-corrected chi connectivity index (χ0v) is 22.5. The number of nitrogens with zero attached hydrogens (tertiary/aromatic N) is 2. The first-order valence-electron chi connectivity index (χ1n) is 13.5. The molecule has 1 amide bonds. The number of aliphatic hydroxyl groups excluding tert-OH is 8. The fraction of sp³-hybridized carbons (Fsp3) is 0.958. The molecule has 15 heteroatoms. The number of β-amino-alcohol motifs (C(OH)–C–C–N with tert-alkyl or cyclic N) is 1. The number of rotatable bonds is 17. The summed E-state index contributed by atoms with van der Waals surface area (Å²) in [5.74, 6) is -0.890. The van der Waals surface area contributed by atoms with E-state index in [2.05, 4.69) is 22.0 Å². The van der Waals surface area contributed by atoms with Crippen LogP contribution in [0.1, 0.15) is 19.8 Å². The van der Waals surface area contributed by atoms with Crippen molar-refractivity contribution in [2.45, 2.75) is 74.9 Å². The van der Waals surface area contributed by atoms with E-state index in [0.717, 1.165) is 39.0 Å². The van der Waals surface area contributed by atoms with Crippen LogP contribution in [0.25, 0.3) is 0 Å². The molecule has 2 saturated heterocycles. The average molecular weight is 570 g/mol. The molecular formula is C24H47N3O12. The molecule has 2 aliphatic rings. The van der Waals surface area contributed by atoms with Gasteiger partial charge in [0.25, 0.3) is 5.91 Å². The molecule has 0 spiro atoms. The Kier molecular flexibility index (Phi) is 15.5. The molecule has 15 nitrogen and oxygen atoms in total. The predicted octanol–water partition coefficient (Wildman–Crippen LogP) is -5.20. The Balaban J connectivity index is 1.63. The maximum absolute atomic E-state index is 12.3. The number of hydrogen-bond acceptors (Lipinski definition) is 14. The van der Waals surface area contributed by atoms with Crippen molar-refractivity contribution in [3.8, 4) is 0 Å². The van der Waals surface area contributed by atoms with E-state index >= 15 is 0 Å². The van der Waals surface area contributed by atoms with Crippen LogP contribution in [0.5, 0.6) is 0 Å². The van der Waals surface area contributed by atoms with Gasteiger partial charge in [0.05, 0.1) is 25.9 Å². The summed E-state index contributed by atoms with van der Waals surface area (Å²) in [5.41, 5.74) is 0. The van der Waals surface area contributed by atoms with E-state index in [9.17, 15) is 45.6 Å². The van der Waals surface area contributed by atoms with Crippen LogP contribution < -0.4 is 5.32 Å². The average Bonchev–Trinajstić information content (AvgIpc) is 2.93. The number of hydrogen-bond donors (Lipinski definition) is 9. The third-order valence-corrected chi connectivity index (χ3v) is 6.88. The lowest BCUT2D eigenvalue weighted by Gasteiger charge is -2.40. The highest BCUT2D eigenvalue weighted by atomic mass is 16.7. The topological polar surface area (TPSA) is 225 Å². The van der Waals surface area contributed by atoms with Crippen molar-refractivity contribution in [2.24, 2.45) is 0 Å². The largest absolute Gasteiger partial charge is 0.394 e. The molecule has 2 heterocycles. The minimum Gasteiger partial charge on any atom is -0.394 e. The highest BCUT2D eigenvalue weighted by molar-refractivity contribution is 5.81. The van der Waals surface area contributed by atoms with Crippen LogP contribution in [0.15, 0.2) is 0 Å². The molecule has 39 heavy (non-hydrogen) atoms. The van der Waals surface area contributed by atoms with Gasteiger partial charge in [0.1, 0.15) is 36.6 Å². The Labute approximate surface area is 228 Å². The Morgan fingerprint density at radius 2 is 1.67 bits per heavy atom. The molecule has 9 atom stereocenters. The van der Waals surface area contributed by atoms with Gasteiger partial charge >= 0.3 is 0 Å². The van der Waals surface area contributed by atoms with Crippen LogP contribution in [-0.4, -0.2) is 184 Å². The third-order valence-electron chi connectivity index (χ3n) is 6.88. The predicted molar refractivity (Wildman–Crippen MR) is 135 cm³/mol. The highest BCUT2D eigenvalue weighted by Gasteiger charge is 2.44. The first-order valence-corrected chi connectivity index (χ1v) is 13.5. The van der Waals surface area contributed by atoms with Gasteiger partial charge in [-0.1, -0.05) is 13.3 Å². The fourth-order valence-corrected chi connectivity index (χ4v) is 4.32. The summed E-state index contributed by atoms with van der Waals surface area (Å²) < 4.78 is 15.7. The van der Waals surface area contributed by atoms with E-state index in [4.69, 9.17) is 14.2 Å². The van der Waals surface area contributed by atoms with Gasteiger partial charge in [-0.25, -0.2) is 0 Å². The molecule has 2 rings (SSSR count). The highest BCUT2D eigenvalue weighted by Crippen LogP contribution is 2.22. The van der Waals surface area contributed by atoms with Crippen LogP contribution in [0.2, 0.25) is 0 Å². The van der Waals surface area contributed by atoms with E-state index in [-0.39, 0.29) is 6.54 Å². The SMILES string of the molecule is CCCCOCC(O)CN1CCN(CCNC(=O)C(O)C(O)C(O)COC2OC(CO)C(O)C(O)C2O)CC1. The number of aliphatic hydroxyl groups is 8. The molecule has 0 aromatic rings. The minimum atomic E-state index is -1.96. The van der Waals surface area contributed by atoms with Gasteiger partial charge < -0.3 is 60.4 Å². The number of ether oxygens (including phenoxy) is 3. The zero-order valence-electron chi connectivity index (χ0n) is 22.5. The van der Waals surface area contributed by atoms with Crippen LogP contribution >= 0.6 is 0 Å². The first kappa shape index (κ1) is 34.2. The van der Waals surface area contributed by atoms with E-state index in [0.29, 0.717) is 26.3 Å². The quantitative estimate of drug-likeness (QED) is 0.0747. The Morgan fingerprint density at radius 1 is 1.00 bits per heavy atom. The molecule has 9 unspecified atom stereocenters. The molecule has 0 aromatic carbocycles. The Bertz CT molecular complexity index is 685. The number of piperazine rings is 1. The fourth-order valence-electron chi connectivity index (χ4n) is 4.32. The molecule has 9 N–H and O–H groups in total. The third kappa shape index (κ3) is 11.0. The van der Waals surface area contributed by atoms with Gasteiger partial charge in [0.15, 0.2) is 12.4 Å². The Hall–Kier alpha value is -1.05. The van der Waals surface area contributed by atoms with Gasteiger partial charge in [-0.15, -0.1) is 0 Å². The van der Waals surface area contributed by atoms with E-state index < -0.39 is 74.2 Å². The van der Waals surface area contributed by atoms with Crippen LogP contribution in [-0.2, 0) is 19.0 Å². The van der Waals surface area contributed by atoms with Gasteiger partial charge in [-0.2, -0.15) is 0 Å². The molecule has 2 fully saturated rings. The summed E-state index contributed by atoms with van der Waals surface area (Å²) in [6.07, 6.45) is -11.9. The van der Waals surface area contributed by atoms with Crippen molar-refractivity contribution in [3.63, 3.8) is 0 Å². The lowest BCUT2D eigenvalue weighted by atomic mass is 9.99. The lowest BCUT2D eigenvalue weighted by molar-refractivity contribution is -0.306. The van der Waals surface area contributed by atoms with Crippen molar-refractivity contribution in [2.75, 3.05) is 72.2 Å². The Morgan fingerprint density at radius 3 is 2.31 bits per heavy atom.